The van der Waals surface area contributed by atoms with Crippen LogP contribution in [0.1, 0.15) is 12.8 Å². The Morgan fingerprint density at radius 3 is 2.00 bits per heavy atom. The lowest BCUT2D eigenvalue weighted by molar-refractivity contribution is 0.103. The lowest BCUT2D eigenvalue weighted by atomic mass is 10.1. The van der Waals surface area contributed by atoms with Gasteiger partial charge in [0, 0.05) is 0 Å². The molecule has 0 aromatic heterocycles. The second-order valence-corrected chi connectivity index (χ2v) is 3.35. The van der Waals surface area contributed by atoms with Crippen molar-refractivity contribution in [2.75, 3.05) is 0 Å². The molecule has 3 aliphatic rings. The van der Waals surface area contributed by atoms with E-state index in [0.717, 1.165) is 12.8 Å². The first-order valence-electron chi connectivity index (χ1n) is 3.85. The summed E-state index contributed by atoms with van der Waals surface area (Å²) < 4.78 is 10.5. The fourth-order valence-corrected chi connectivity index (χ4v) is 1.89. The van der Waals surface area contributed by atoms with Gasteiger partial charge in [-0.05, 0) is 12.8 Å². The zero-order valence-corrected chi connectivity index (χ0v) is 5.56. The van der Waals surface area contributed by atoms with Crippen LogP contribution in [0.15, 0.2) is 0 Å². The van der Waals surface area contributed by atoms with Crippen molar-refractivity contribution in [2.24, 2.45) is 0 Å². The van der Waals surface area contributed by atoms with Crippen LogP contribution in [-0.4, -0.2) is 35.6 Å². The third kappa shape index (κ3) is 0.603. The second kappa shape index (κ2) is 1.55. The molecule has 3 heteroatoms. The van der Waals surface area contributed by atoms with E-state index >= 15 is 0 Å². The van der Waals surface area contributed by atoms with Gasteiger partial charge in [-0.2, -0.15) is 0 Å². The number of fused-ring (bicyclic) bond motifs is 2. The highest BCUT2D eigenvalue weighted by Crippen LogP contribution is 2.43. The predicted octanol–water partition coefficient (Wildman–Crippen LogP) is -0.324. The summed E-state index contributed by atoms with van der Waals surface area (Å²) in [5.41, 5.74) is 0. The molecule has 0 unspecified atom stereocenters. The molecule has 4 atom stereocenters. The molecule has 3 fully saturated rings. The van der Waals surface area contributed by atoms with Crippen LogP contribution >= 0.6 is 0 Å². The molecular weight excluding hydrogens is 132 g/mol. The molecule has 0 aromatic rings. The van der Waals surface area contributed by atoms with Crippen molar-refractivity contribution in [3.05, 3.63) is 0 Å². The fourth-order valence-electron chi connectivity index (χ4n) is 1.89. The summed E-state index contributed by atoms with van der Waals surface area (Å²) in [4.78, 5) is 0. The lowest BCUT2D eigenvalue weighted by Crippen LogP contribution is -2.23. The molecule has 1 saturated carbocycles. The number of rotatable bonds is 0. The number of ether oxygens (including phenoxy) is 2. The Hall–Kier alpha value is -0.120. The Morgan fingerprint density at radius 1 is 1.00 bits per heavy atom. The summed E-state index contributed by atoms with van der Waals surface area (Å²) in [5.74, 6) is 0. The normalized spacial score (nSPS) is 58.5. The summed E-state index contributed by atoms with van der Waals surface area (Å²) in [7, 11) is 0. The average molecular weight is 142 g/mol. The number of aliphatic hydroxyl groups excluding tert-OH is 1. The van der Waals surface area contributed by atoms with Gasteiger partial charge < -0.3 is 14.6 Å². The maximum atomic E-state index is 9.46. The summed E-state index contributed by atoms with van der Waals surface area (Å²) in [6.07, 6.45) is 2.73. The maximum Gasteiger partial charge on any atom is 0.113 e. The lowest BCUT2D eigenvalue weighted by Gasteiger charge is -1.99. The van der Waals surface area contributed by atoms with Crippen LogP contribution in [0.3, 0.4) is 0 Å². The minimum Gasteiger partial charge on any atom is -0.387 e. The largest absolute Gasteiger partial charge is 0.387 e. The van der Waals surface area contributed by atoms with Crippen LogP contribution in [0.4, 0.5) is 0 Å². The quantitative estimate of drug-likeness (QED) is 0.471. The van der Waals surface area contributed by atoms with Crippen molar-refractivity contribution < 1.29 is 14.6 Å². The molecule has 1 N–H and O–H groups in total. The van der Waals surface area contributed by atoms with Crippen molar-refractivity contribution in [1.82, 2.24) is 0 Å². The minimum absolute atomic E-state index is 0.109. The fraction of sp³-hybridized carbons (Fsp3) is 1.00. The summed E-state index contributed by atoms with van der Waals surface area (Å²) in [6.45, 7) is 0. The van der Waals surface area contributed by atoms with Crippen molar-refractivity contribution in [1.29, 1.82) is 0 Å². The minimum atomic E-state index is -0.336. The topological polar surface area (TPSA) is 45.3 Å². The number of epoxide rings is 2. The SMILES string of the molecule is OC1[C@@H]2O[C@@H]2CC[C@H]2O[C@@H]12. The summed E-state index contributed by atoms with van der Waals surface area (Å²) >= 11 is 0. The molecule has 0 bridgehead atoms. The van der Waals surface area contributed by atoms with E-state index in [2.05, 4.69) is 0 Å². The molecule has 2 heterocycles. The summed E-state index contributed by atoms with van der Waals surface area (Å²) in [6, 6.07) is 0. The molecule has 2 saturated heterocycles. The molecule has 0 aromatic carbocycles. The highest BCUT2D eigenvalue weighted by atomic mass is 16.6. The van der Waals surface area contributed by atoms with E-state index in [1.54, 1.807) is 0 Å². The first-order chi connectivity index (χ1) is 4.86. The van der Waals surface area contributed by atoms with Crippen molar-refractivity contribution in [3.8, 4) is 0 Å². The number of aliphatic hydroxyl groups is 1. The molecule has 56 valence electrons. The third-order valence-corrected chi connectivity index (χ3v) is 2.65. The van der Waals surface area contributed by atoms with E-state index in [-0.39, 0.29) is 18.3 Å². The van der Waals surface area contributed by atoms with E-state index in [4.69, 9.17) is 9.47 Å². The Balaban J connectivity index is 1.82. The number of hydrogen-bond donors (Lipinski definition) is 1. The van der Waals surface area contributed by atoms with Gasteiger partial charge in [0.2, 0.25) is 0 Å². The summed E-state index contributed by atoms with van der Waals surface area (Å²) in [5, 5.41) is 9.46. The average Bonchev–Trinajstić information content (AvgIpc) is 2.76. The Bertz CT molecular complexity index is 152. The highest BCUT2D eigenvalue weighted by molar-refractivity contribution is 5.05. The molecule has 0 radical (unpaired) electrons. The van der Waals surface area contributed by atoms with Gasteiger partial charge in [0.1, 0.15) is 18.3 Å². The van der Waals surface area contributed by atoms with Gasteiger partial charge in [-0.1, -0.05) is 0 Å². The van der Waals surface area contributed by atoms with Gasteiger partial charge in [0.15, 0.2) is 0 Å². The van der Waals surface area contributed by atoms with E-state index in [9.17, 15) is 5.11 Å². The van der Waals surface area contributed by atoms with E-state index in [1.165, 1.54) is 0 Å². The van der Waals surface area contributed by atoms with Crippen LogP contribution in [0.5, 0.6) is 0 Å². The molecule has 1 aliphatic carbocycles. The van der Waals surface area contributed by atoms with Gasteiger partial charge >= 0.3 is 0 Å². The second-order valence-electron chi connectivity index (χ2n) is 3.35. The maximum absolute atomic E-state index is 9.46. The van der Waals surface area contributed by atoms with Gasteiger partial charge in [0.25, 0.3) is 0 Å². The van der Waals surface area contributed by atoms with Crippen LogP contribution in [0.25, 0.3) is 0 Å². The zero-order valence-electron chi connectivity index (χ0n) is 5.56. The first-order valence-corrected chi connectivity index (χ1v) is 3.85. The van der Waals surface area contributed by atoms with E-state index in [0.29, 0.717) is 12.2 Å². The third-order valence-electron chi connectivity index (χ3n) is 2.65. The molecule has 0 spiro atoms. The molecule has 0 amide bonds. The van der Waals surface area contributed by atoms with Crippen molar-refractivity contribution in [3.63, 3.8) is 0 Å². The van der Waals surface area contributed by atoms with E-state index in [1.807, 2.05) is 0 Å². The molecule has 3 rings (SSSR count). The van der Waals surface area contributed by atoms with Gasteiger partial charge in [-0.25, -0.2) is 0 Å². The molecule has 2 aliphatic heterocycles. The Kier molecular flexibility index (Phi) is 0.854. The predicted molar refractivity (Wildman–Crippen MR) is 32.6 cm³/mol. The monoisotopic (exact) mass is 142 g/mol. The number of hydrogen-bond acceptors (Lipinski definition) is 3. The first kappa shape index (κ1) is 5.52. The van der Waals surface area contributed by atoms with Crippen molar-refractivity contribution in [2.45, 2.75) is 43.4 Å². The van der Waals surface area contributed by atoms with Crippen LogP contribution in [-0.2, 0) is 9.47 Å². The van der Waals surface area contributed by atoms with Crippen LogP contribution in [0, 0.1) is 0 Å². The van der Waals surface area contributed by atoms with Gasteiger partial charge in [-0.3, -0.25) is 0 Å². The van der Waals surface area contributed by atoms with Gasteiger partial charge in [0.05, 0.1) is 12.2 Å². The molecule has 3 nitrogen and oxygen atoms in total. The smallest absolute Gasteiger partial charge is 0.113 e. The Labute approximate surface area is 58.9 Å². The highest BCUT2D eigenvalue weighted by Gasteiger charge is 2.58. The standard InChI is InChI=1S/C7H10O3/c8-5-6-3(9-6)1-2-4-7(5)10-4/h3-8H,1-2H2/t3-,4-,6-,7-/m1/s1. The Morgan fingerprint density at radius 2 is 1.50 bits per heavy atom. The van der Waals surface area contributed by atoms with Crippen LogP contribution in [0.2, 0.25) is 0 Å². The zero-order chi connectivity index (χ0) is 6.72. The van der Waals surface area contributed by atoms with Crippen LogP contribution < -0.4 is 0 Å². The molecular formula is C7H10O3. The van der Waals surface area contributed by atoms with Crippen molar-refractivity contribution >= 4 is 0 Å². The molecule has 10 heavy (non-hydrogen) atoms. The van der Waals surface area contributed by atoms with Gasteiger partial charge in [-0.15, -0.1) is 0 Å². The van der Waals surface area contributed by atoms with E-state index < -0.39 is 0 Å².